The van der Waals surface area contributed by atoms with Crippen molar-refractivity contribution in [3.63, 3.8) is 0 Å². The molecule has 17 heavy (non-hydrogen) atoms. The third-order valence-corrected chi connectivity index (χ3v) is 3.75. The topological polar surface area (TPSA) is 75.6 Å². The Morgan fingerprint density at radius 2 is 2.18 bits per heavy atom. The third-order valence-electron chi connectivity index (χ3n) is 2.79. The average Bonchev–Trinajstić information content (AvgIpc) is 2.27. The molecule has 0 atom stereocenters. The van der Waals surface area contributed by atoms with E-state index in [0.717, 1.165) is 5.56 Å². The molecule has 1 aliphatic heterocycles. The van der Waals surface area contributed by atoms with Crippen LogP contribution in [0.5, 0.6) is 5.75 Å². The van der Waals surface area contributed by atoms with E-state index in [1.54, 1.807) is 12.1 Å². The molecule has 94 valence electrons. The molecule has 6 heteroatoms. The SMILES string of the molecule is CC(C)(CO)c1ccc2c(c1)NS(=O)(=O)CO2. The van der Waals surface area contributed by atoms with E-state index in [2.05, 4.69) is 4.72 Å². The second-order valence-electron chi connectivity index (χ2n) is 4.73. The van der Waals surface area contributed by atoms with Crippen LogP contribution >= 0.6 is 0 Å². The summed E-state index contributed by atoms with van der Waals surface area (Å²) in [6, 6.07) is 5.24. The molecule has 0 amide bonds. The van der Waals surface area contributed by atoms with E-state index < -0.39 is 15.4 Å². The highest BCUT2D eigenvalue weighted by atomic mass is 32.2. The van der Waals surface area contributed by atoms with Gasteiger partial charge in [-0.15, -0.1) is 0 Å². The van der Waals surface area contributed by atoms with Crippen LogP contribution in [0, 0.1) is 0 Å². The third kappa shape index (κ3) is 2.37. The van der Waals surface area contributed by atoms with Gasteiger partial charge in [0.1, 0.15) is 5.75 Å². The van der Waals surface area contributed by atoms with Gasteiger partial charge in [0, 0.05) is 5.41 Å². The van der Waals surface area contributed by atoms with Crippen LogP contribution in [-0.4, -0.2) is 26.1 Å². The number of fused-ring (bicyclic) bond motifs is 1. The molecular weight excluding hydrogens is 242 g/mol. The number of anilines is 1. The van der Waals surface area contributed by atoms with Gasteiger partial charge >= 0.3 is 0 Å². The van der Waals surface area contributed by atoms with E-state index in [4.69, 9.17) is 4.74 Å². The van der Waals surface area contributed by atoms with Crippen molar-refractivity contribution in [2.45, 2.75) is 19.3 Å². The molecule has 2 rings (SSSR count). The number of rotatable bonds is 2. The number of sulfonamides is 1. The Bertz CT molecular complexity index is 536. The van der Waals surface area contributed by atoms with E-state index >= 15 is 0 Å². The molecule has 0 bridgehead atoms. The number of hydrogen-bond donors (Lipinski definition) is 2. The van der Waals surface area contributed by atoms with Crippen LogP contribution in [0.15, 0.2) is 18.2 Å². The molecule has 1 aliphatic rings. The number of aliphatic hydroxyl groups excluding tert-OH is 1. The molecule has 0 unspecified atom stereocenters. The minimum Gasteiger partial charge on any atom is -0.474 e. The van der Waals surface area contributed by atoms with Crippen molar-refractivity contribution in [2.24, 2.45) is 0 Å². The molecule has 0 saturated carbocycles. The Labute approximate surface area is 100 Å². The van der Waals surface area contributed by atoms with E-state index in [9.17, 15) is 13.5 Å². The van der Waals surface area contributed by atoms with Crippen molar-refractivity contribution in [1.29, 1.82) is 0 Å². The van der Waals surface area contributed by atoms with Gasteiger partial charge in [0.25, 0.3) is 10.0 Å². The second-order valence-corrected chi connectivity index (χ2v) is 6.40. The van der Waals surface area contributed by atoms with Gasteiger partial charge in [0.2, 0.25) is 5.94 Å². The lowest BCUT2D eigenvalue weighted by molar-refractivity contribution is 0.218. The maximum Gasteiger partial charge on any atom is 0.268 e. The van der Waals surface area contributed by atoms with E-state index in [1.807, 2.05) is 19.9 Å². The lowest BCUT2D eigenvalue weighted by Crippen LogP contribution is -2.27. The molecule has 2 N–H and O–H groups in total. The summed E-state index contributed by atoms with van der Waals surface area (Å²) < 4.78 is 30.3. The zero-order valence-electron chi connectivity index (χ0n) is 9.73. The van der Waals surface area contributed by atoms with Crippen molar-refractivity contribution in [1.82, 2.24) is 0 Å². The maximum atomic E-state index is 11.4. The summed E-state index contributed by atoms with van der Waals surface area (Å²) in [6.45, 7) is 3.75. The molecule has 1 heterocycles. The van der Waals surface area contributed by atoms with Crippen LogP contribution < -0.4 is 9.46 Å². The lowest BCUT2D eigenvalue weighted by Gasteiger charge is -2.25. The second kappa shape index (κ2) is 3.89. The summed E-state index contributed by atoms with van der Waals surface area (Å²) in [5, 5.41) is 9.28. The highest BCUT2D eigenvalue weighted by Crippen LogP contribution is 2.34. The Kier molecular flexibility index (Phi) is 2.79. The minimum absolute atomic E-state index is 0.0145. The van der Waals surface area contributed by atoms with Gasteiger partial charge in [-0.1, -0.05) is 19.9 Å². The van der Waals surface area contributed by atoms with Gasteiger partial charge in [-0.25, -0.2) is 8.42 Å². The zero-order chi connectivity index (χ0) is 12.7. The molecule has 0 radical (unpaired) electrons. The van der Waals surface area contributed by atoms with Crippen molar-refractivity contribution in [2.75, 3.05) is 17.3 Å². The zero-order valence-corrected chi connectivity index (χ0v) is 10.5. The van der Waals surface area contributed by atoms with E-state index in [0.29, 0.717) is 11.4 Å². The lowest BCUT2D eigenvalue weighted by atomic mass is 9.85. The number of ether oxygens (including phenoxy) is 1. The molecule has 5 nitrogen and oxygen atoms in total. The molecule has 1 aromatic carbocycles. The van der Waals surface area contributed by atoms with Crippen LogP contribution in [0.1, 0.15) is 19.4 Å². The van der Waals surface area contributed by atoms with E-state index in [1.165, 1.54) is 0 Å². The monoisotopic (exact) mass is 257 g/mol. The fourth-order valence-corrected chi connectivity index (χ4v) is 2.42. The predicted octanol–water partition coefficient (Wildman–Crippen LogP) is 1.05. The van der Waals surface area contributed by atoms with Gasteiger partial charge in [-0.2, -0.15) is 0 Å². The summed E-state index contributed by atoms with van der Waals surface area (Å²) in [4.78, 5) is 0. The highest BCUT2D eigenvalue weighted by molar-refractivity contribution is 7.92. The molecule has 0 fully saturated rings. The van der Waals surface area contributed by atoms with Crippen molar-refractivity contribution in [3.05, 3.63) is 23.8 Å². The van der Waals surface area contributed by atoms with Crippen LogP contribution in [0.4, 0.5) is 5.69 Å². The quantitative estimate of drug-likeness (QED) is 0.830. The highest BCUT2D eigenvalue weighted by Gasteiger charge is 2.25. The first kappa shape index (κ1) is 12.2. The first-order chi connectivity index (χ1) is 7.84. The van der Waals surface area contributed by atoms with Gasteiger partial charge in [-0.3, -0.25) is 4.72 Å². The molecule has 0 saturated heterocycles. The van der Waals surface area contributed by atoms with Crippen LogP contribution in [0.2, 0.25) is 0 Å². The first-order valence-corrected chi connectivity index (χ1v) is 6.88. The smallest absolute Gasteiger partial charge is 0.268 e. The molecule has 0 aromatic heterocycles. The number of aliphatic hydroxyl groups is 1. The van der Waals surface area contributed by atoms with Crippen molar-refractivity contribution >= 4 is 15.7 Å². The predicted molar refractivity (Wildman–Crippen MR) is 64.6 cm³/mol. The van der Waals surface area contributed by atoms with E-state index in [-0.39, 0.29) is 12.5 Å². The largest absolute Gasteiger partial charge is 0.474 e. The summed E-state index contributed by atoms with van der Waals surface area (Å²) in [5.74, 6) is 0.153. The minimum atomic E-state index is -3.40. The Morgan fingerprint density at radius 1 is 1.47 bits per heavy atom. The molecule has 1 aromatic rings. The van der Waals surface area contributed by atoms with Crippen molar-refractivity contribution < 1.29 is 18.3 Å². The molecule has 0 aliphatic carbocycles. The number of nitrogens with one attached hydrogen (secondary N) is 1. The Morgan fingerprint density at radius 3 is 2.82 bits per heavy atom. The van der Waals surface area contributed by atoms with Crippen molar-refractivity contribution in [3.8, 4) is 5.75 Å². The summed E-state index contributed by atoms with van der Waals surface area (Å²) in [7, 11) is -3.40. The number of benzene rings is 1. The normalized spacial score (nSPS) is 17.8. The summed E-state index contributed by atoms with van der Waals surface area (Å²) >= 11 is 0. The van der Waals surface area contributed by atoms with Crippen LogP contribution in [0.3, 0.4) is 0 Å². The fourth-order valence-electron chi connectivity index (χ4n) is 1.59. The van der Waals surface area contributed by atoms with Crippen LogP contribution in [-0.2, 0) is 15.4 Å². The maximum absolute atomic E-state index is 11.4. The number of hydrogen-bond acceptors (Lipinski definition) is 4. The first-order valence-electron chi connectivity index (χ1n) is 5.23. The van der Waals surface area contributed by atoms with Gasteiger partial charge < -0.3 is 9.84 Å². The average molecular weight is 257 g/mol. The summed E-state index contributed by atoms with van der Waals surface area (Å²) in [5.41, 5.74) is 0.861. The molecular formula is C11H15NO4S. The summed E-state index contributed by atoms with van der Waals surface area (Å²) in [6.07, 6.45) is 0. The Hall–Kier alpha value is -1.27. The Balaban J connectivity index is 2.44. The van der Waals surface area contributed by atoms with Crippen LogP contribution in [0.25, 0.3) is 0 Å². The van der Waals surface area contributed by atoms with Gasteiger partial charge in [-0.05, 0) is 17.7 Å². The fraction of sp³-hybridized carbons (Fsp3) is 0.455. The van der Waals surface area contributed by atoms with Gasteiger partial charge in [0.15, 0.2) is 0 Å². The van der Waals surface area contributed by atoms with Gasteiger partial charge in [0.05, 0.1) is 12.3 Å². The molecule has 0 spiro atoms. The standard InChI is InChI=1S/C11H15NO4S/c1-11(2,6-13)8-3-4-10-9(5-8)12-17(14,15)7-16-10/h3-5,12-13H,6-7H2,1-2H3.